The van der Waals surface area contributed by atoms with Crippen LogP contribution in [-0.2, 0) is 6.42 Å². The van der Waals surface area contributed by atoms with E-state index in [-0.39, 0.29) is 11.7 Å². The minimum absolute atomic E-state index is 0.113. The predicted molar refractivity (Wildman–Crippen MR) is 75.4 cm³/mol. The van der Waals surface area contributed by atoms with Gasteiger partial charge in [-0.05, 0) is 56.5 Å². The third kappa shape index (κ3) is 2.63. The second-order valence-corrected chi connectivity index (χ2v) is 6.46. The van der Waals surface area contributed by atoms with Crippen LogP contribution in [0.4, 0.5) is 0 Å². The van der Waals surface area contributed by atoms with E-state index in [0.717, 1.165) is 43.7 Å². The molecule has 1 fully saturated rings. The van der Waals surface area contributed by atoms with Gasteiger partial charge in [0.15, 0.2) is 0 Å². The average molecular weight is 261 g/mol. The Morgan fingerprint density at radius 2 is 2.26 bits per heavy atom. The van der Waals surface area contributed by atoms with Gasteiger partial charge in [0.2, 0.25) is 0 Å². The van der Waals surface area contributed by atoms with E-state index in [1.54, 1.807) is 0 Å². The first kappa shape index (κ1) is 12.9. The predicted octanol–water partition coefficient (Wildman–Crippen LogP) is 2.43. The second kappa shape index (κ2) is 4.80. The maximum absolute atomic E-state index is 10.5. The molecule has 1 aromatic carbocycles. The summed E-state index contributed by atoms with van der Waals surface area (Å²) in [6.07, 6.45) is 2.82. The highest BCUT2D eigenvalue weighted by molar-refractivity contribution is 5.42. The Bertz CT molecular complexity index is 464. The second-order valence-electron chi connectivity index (χ2n) is 6.46. The quantitative estimate of drug-likeness (QED) is 0.859. The van der Waals surface area contributed by atoms with Gasteiger partial charge in [-0.1, -0.05) is 6.07 Å². The summed E-state index contributed by atoms with van der Waals surface area (Å²) in [5.41, 5.74) is 2.15. The van der Waals surface area contributed by atoms with Crippen LogP contribution in [0, 0.1) is 5.92 Å². The minimum Gasteiger partial charge on any atom is -0.487 e. The molecule has 0 aliphatic carbocycles. The van der Waals surface area contributed by atoms with E-state index in [2.05, 4.69) is 25.2 Å². The van der Waals surface area contributed by atoms with Crippen molar-refractivity contribution in [3.63, 3.8) is 0 Å². The zero-order valence-electron chi connectivity index (χ0n) is 11.8. The molecule has 2 aliphatic heterocycles. The summed E-state index contributed by atoms with van der Waals surface area (Å²) < 4.78 is 5.88. The van der Waals surface area contributed by atoms with E-state index in [1.165, 1.54) is 5.56 Å². The lowest BCUT2D eigenvalue weighted by Gasteiger charge is -2.27. The molecule has 2 aliphatic rings. The van der Waals surface area contributed by atoms with Crippen LogP contribution >= 0.6 is 0 Å². The van der Waals surface area contributed by atoms with Gasteiger partial charge in [-0.3, -0.25) is 0 Å². The molecule has 0 aromatic heterocycles. The van der Waals surface area contributed by atoms with Gasteiger partial charge >= 0.3 is 0 Å². The highest BCUT2D eigenvalue weighted by Crippen LogP contribution is 2.37. The van der Waals surface area contributed by atoms with Gasteiger partial charge in [0.05, 0.1) is 6.10 Å². The van der Waals surface area contributed by atoms with E-state index >= 15 is 0 Å². The molecule has 2 atom stereocenters. The number of hydrogen-bond acceptors (Lipinski definition) is 3. The Morgan fingerprint density at radius 3 is 3.00 bits per heavy atom. The Balaban J connectivity index is 1.79. The summed E-state index contributed by atoms with van der Waals surface area (Å²) in [4.78, 5) is 0. The Morgan fingerprint density at radius 1 is 1.42 bits per heavy atom. The number of benzene rings is 1. The van der Waals surface area contributed by atoms with Gasteiger partial charge in [-0.25, -0.2) is 0 Å². The molecule has 104 valence electrons. The molecule has 1 saturated heterocycles. The average Bonchev–Trinajstić information content (AvgIpc) is 2.71. The van der Waals surface area contributed by atoms with Gasteiger partial charge in [0, 0.05) is 18.9 Å². The molecule has 3 heteroatoms. The number of fused-ring (bicyclic) bond motifs is 1. The molecule has 0 spiro atoms. The van der Waals surface area contributed by atoms with Crippen molar-refractivity contribution in [1.82, 2.24) is 5.32 Å². The lowest BCUT2D eigenvalue weighted by molar-refractivity contribution is 0.0921. The fourth-order valence-corrected chi connectivity index (χ4v) is 3.23. The first-order valence-corrected chi connectivity index (χ1v) is 7.26. The monoisotopic (exact) mass is 261 g/mol. The molecule has 0 radical (unpaired) electrons. The number of aliphatic hydroxyl groups is 1. The largest absolute Gasteiger partial charge is 0.487 e. The molecule has 0 bridgehead atoms. The van der Waals surface area contributed by atoms with Crippen molar-refractivity contribution in [2.75, 3.05) is 13.1 Å². The number of rotatable bonds is 2. The molecule has 2 unspecified atom stereocenters. The molecule has 3 nitrogen and oxygen atoms in total. The summed E-state index contributed by atoms with van der Waals surface area (Å²) >= 11 is 0. The summed E-state index contributed by atoms with van der Waals surface area (Å²) in [7, 11) is 0. The summed E-state index contributed by atoms with van der Waals surface area (Å²) in [5, 5.41) is 13.9. The molecule has 2 heterocycles. The molecule has 19 heavy (non-hydrogen) atoms. The van der Waals surface area contributed by atoms with Gasteiger partial charge < -0.3 is 15.2 Å². The third-order valence-corrected chi connectivity index (χ3v) is 4.21. The fourth-order valence-electron chi connectivity index (χ4n) is 3.23. The molecule has 1 aromatic rings. The van der Waals surface area contributed by atoms with Crippen LogP contribution in [0.1, 0.15) is 43.9 Å². The summed E-state index contributed by atoms with van der Waals surface area (Å²) in [5.74, 6) is 1.31. The van der Waals surface area contributed by atoms with Crippen molar-refractivity contribution < 1.29 is 9.84 Å². The van der Waals surface area contributed by atoms with E-state index in [0.29, 0.717) is 5.92 Å². The number of aliphatic hydroxyl groups excluding tert-OH is 1. The maximum atomic E-state index is 10.5. The molecule has 0 saturated carbocycles. The molecule has 3 rings (SSSR count). The van der Waals surface area contributed by atoms with Crippen LogP contribution in [0.3, 0.4) is 0 Å². The van der Waals surface area contributed by atoms with Crippen LogP contribution in [0.15, 0.2) is 18.2 Å². The first-order valence-electron chi connectivity index (χ1n) is 7.26. The molecule has 0 amide bonds. The van der Waals surface area contributed by atoms with E-state index < -0.39 is 0 Å². The van der Waals surface area contributed by atoms with E-state index in [9.17, 15) is 5.11 Å². The molecular weight excluding hydrogens is 238 g/mol. The topological polar surface area (TPSA) is 41.5 Å². The van der Waals surface area contributed by atoms with E-state index in [4.69, 9.17) is 4.74 Å². The van der Waals surface area contributed by atoms with Crippen molar-refractivity contribution in [3.8, 4) is 5.75 Å². The van der Waals surface area contributed by atoms with Crippen molar-refractivity contribution in [3.05, 3.63) is 29.3 Å². The van der Waals surface area contributed by atoms with Gasteiger partial charge in [-0.2, -0.15) is 0 Å². The smallest absolute Gasteiger partial charge is 0.123 e. The van der Waals surface area contributed by atoms with Crippen LogP contribution < -0.4 is 10.1 Å². The zero-order chi connectivity index (χ0) is 13.5. The Kier molecular flexibility index (Phi) is 3.27. The zero-order valence-corrected chi connectivity index (χ0v) is 11.8. The lowest BCUT2D eigenvalue weighted by atomic mass is 9.88. The maximum Gasteiger partial charge on any atom is 0.123 e. The van der Waals surface area contributed by atoms with Crippen molar-refractivity contribution in [2.45, 2.75) is 44.8 Å². The fraction of sp³-hybridized carbons (Fsp3) is 0.625. The number of hydrogen-bond donors (Lipinski definition) is 2. The molecule has 2 N–H and O–H groups in total. The summed E-state index contributed by atoms with van der Waals surface area (Å²) in [6, 6.07) is 6.15. The van der Waals surface area contributed by atoms with Crippen LogP contribution in [0.2, 0.25) is 0 Å². The highest BCUT2D eigenvalue weighted by Gasteiger charge is 2.31. The standard InChI is InChI=1S/C16H23NO2/c1-16(2)9-13-8-11(5-6-14(13)19-16)15(18)12-4-3-7-17-10-12/h5-6,8,12,15,17-18H,3-4,7,9-10H2,1-2H3. The van der Waals surface area contributed by atoms with Crippen molar-refractivity contribution in [1.29, 1.82) is 0 Å². The number of ether oxygens (including phenoxy) is 1. The minimum atomic E-state index is -0.359. The van der Waals surface area contributed by atoms with Crippen LogP contribution in [0.25, 0.3) is 0 Å². The first-order chi connectivity index (χ1) is 9.05. The van der Waals surface area contributed by atoms with Gasteiger partial charge in [0.1, 0.15) is 11.4 Å². The summed E-state index contributed by atoms with van der Waals surface area (Å²) in [6.45, 7) is 6.21. The van der Waals surface area contributed by atoms with Crippen molar-refractivity contribution in [2.24, 2.45) is 5.92 Å². The SMILES string of the molecule is CC1(C)Cc2cc(C(O)C3CCCNC3)ccc2O1. The van der Waals surface area contributed by atoms with Gasteiger partial charge in [-0.15, -0.1) is 0 Å². The number of nitrogens with one attached hydrogen (secondary N) is 1. The Labute approximate surface area is 115 Å². The van der Waals surface area contributed by atoms with Crippen LogP contribution in [0.5, 0.6) is 5.75 Å². The number of piperidine rings is 1. The third-order valence-electron chi connectivity index (χ3n) is 4.21. The van der Waals surface area contributed by atoms with Crippen molar-refractivity contribution >= 4 is 0 Å². The normalized spacial score (nSPS) is 26.6. The van der Waals surface area contributed by atoms with E-state index in [1.807, 2.05) is 12.1 Å². The van der Waals surface area contributed by atoms with Gasteiger partial charge in [0.25, 0.3) is 0 Å². The highest BCUT2D eigenvalue weighted by atomic mass is 16.5. The van der Waals surface area contributed by atoms with Crippen LogP contribution in [-0.4, -0.2) is 23.8 Å². The Hall–Kier alpha value is -1.06. The lowest BCUT2D eigenvalue weighted by Crippen LogP contribution is -2.33. The molecular formula is C16H23NO2.